The molecule has 0 spiro atoms. The lowest BCUT2D eigenvalue weighted by Crippen LogP contribution is -2.26. The van der Waals surface area contributed by atoms with E-state index >= 15 is 0 Å². The number of hydrogen-bond donors (Lipinski definition) is 1. The van der Waals surface area contributed by atoms with Gasteiger partial charge in [-0.15, -0.1) is 0 Å². The molecule has 0 unspecified atom stereocenters. The van der Waals surface area contributed by atoms with E-state index in [-0.39, 0.29) is 5.97 Å². The quantitative estimate of drug-likeness (QED) is 0.490. The molecule has 0 aromatic carbocycles. The standard InChI is InChI=1S/C10H16O3/c1-8(11)13-10(4,5)7-6-9(2,3)12/h12H,1-5H3. The predicted octanol–water partition coefficient (Wildman–Crippen LogP) is 1.10. The average Bonchev–Trinajstić information content (AvgIpc) is 1.79. The molecular weight excluding hydrogens is 168 g/mol. The topological polar surface area (TPSA) is 46.5 Å². The second kappa shape index (κ2) is 3.80. The van der Waals surface area contributed by atoms with Gasteiger partial charge in [-0.3, -0.25) is 4.79 Å². The van der Waals surface area contributed by atoms with Crippen molar-refractivity contribution in [1.82, 2.24) is 0 Å². The van der Waals surface area contributed by atoms with Gasteiger partial charge < -0.3 is 9.84 Å². The van der Waals surface area contributed by atoms with Gasteiger partial charge in [0.15, 0.2) is 5.60 Å². The average molecular weight is 184 g/mol. The van der Waals surface area contributed by atoms with Crippen LogP contribution in [0.4, 0.5) is 0 Å². The smallest absolute Gasteiger partial charge is 0.304 e. The molecule has 3 nitrogen and oxygen atoms in total. The van der Waals surface area contributed by atoms with Gasteiger partial charge in [0.2, 0.25) is 0 Å². The highest BCUT2D eigenvalue weighted by Gasteiger charge is 2.18. The summed E-state index contributed by atoms with van der Waals surface area (Å²) in [6.07, 6.45) is 0. The summed E-state index contributed by atoms with van der Waals surface area (Å²) in [4.78, 5) is 10.6. The van der Waals surface area contributed by atoms with Crippen molar-refractivity contribution in [3.8, 4) is 11.8 Å². The van der Waals surface area contributed by atoms with Crippen LogP contribution >= 0.6 is 0 Å². The molecule has 0 heterocycles. The summed E-state index contributed by atoms with van der Waals surface area (Å²) >= 11 is 0. The van der Waals surface area contributed by atoms with Crippen molar-refractivity contribution in [2.24, 2.45) is 0 Å². The van der Waals surface area contributed by atoms with Gasteiger partial charge in [-0.05, 0) is 27.7 Å². The van der Waals surface area contributed by atoms with Crippen LogP contribution in [0.1, 0.15) is 34.6 Å². The van der Waals surface area contributed by atoms with E-state index in [0.717, 1.165) is 0 Å². The summed E-state index contributed by atoms with van der Waals surface area (Å²) in [5, 5.41) is 9.30. The Labute approximate surface area is 79.1 Å². The third-order valence-corrected chi connectivity index (χ3v) is 1.07. The van der Waals surface area contributed by atoms with Crippen LogP contribution in [0.5, 0.6) is 0 Å². The summed E-state index contributed by atoms with van der Waals surface area (Å²) in [5.41, 5.74) is -1.90. The van der Waals surface area contributed by atoms with E-state index in [0.29, 0.717) is 0 Å². The molecule has 74 valence electrons. The summed E-state index contributed by atoms with van der Waals surface area (Å²) in [6.45, 7) is 7.82. The van der Waals surface area contributed by atoms with Crippen LogP contribution in [0.2, 0.25) is 0 Å². The minimum atomic E-state index is -1.06. The Kier molecular flexibility index (Phi) is 3.50. The van der Waals surface area contributed by atoms with E-state index in [4.69, 9.17) is 4.74 Å². The fourth-order valence-corrected chi connectivity index (χ4v) is 0.688. The molecule has 1 N–H and O–H groups in total. The van der Waals surface area contributed by atoms with E-state index in [1.54, 1.807) is 27.7 Å². The molecule has 0 bridgehead atoms. The molecule has 0 aliphatic carbocycles. The van der Waals surface area contributed by atoms with Crippen LogP contribution < -0.4 is 0 Å². The number of rotatable bonds is 1. The highest BCUT2D eigenvalue weighted by atomic mass is 16.6. The van der Waals surface area contributed by atoms with Crippen molar-refractivity contribution in [3.05, 3.63) is 0 Å². The molecule has 3 heteroatoms. The van der Waals surface area contributed by atoms with Crippen LogP contribution in [0.3, 0.4) is 0 Å². The normalized spacial score (nSPS) is 11.5. The number of hydrogen-bond acceptors (Lipinski definition) is 3. The Morgan fingerprint density at radius 1 is 1.23 bits per heavy atom. The molecule has 0 rings (SSSR count). The van der Waals surface area contributed by atoms with Crippen molar-refractivity contribution >= 4 is 5.97 Å². The fourth-order valence-electron chi connectivity index (χ4n) is 0.688. The summed E-state index contributed by atoms with van der Waals surface area (Å²) in [5.74, 6) is 4.90. The maximum atomic E-state index is 10.6. The van der Waals surface area contributed by atoms with Crippen LogP contribution in [0.25, 0.3) is 0 Å². The summed E-state index contributed by atoms with van der Waals surface area (Å²) in [7, 11) is 0. The van der Waals surface area contributed by atoms with Gasteiger partial charge in [-0.2, -0.15) is 0 Å². The van der Waals surface area contributed by atoms with Gasteiger partial charge in [0.25, 0.3) is 0 Å². The van der Waals surface area contributed by atoms with Crippen LogP contribution in [0.15, 0.2) is 0 Å². The molecule has 0 saturated carbocycles. The molecule has 13 heavy (non-hydrogen) atoms. The largest absolute Gasteiger partial charge is 0.447 e. The van der Waals surface area contributed by atoms with Gasteiger partial charge in [-0.25, -0.2) is 0 Å². The first-order valence-electron chi connectivity index (χ1n) is 4.09. The molecule has 0 aliphatic heterocycles. The predicted molar refractivity (Wildman–Crippen MR) is 49.9 cm³/mol. The Morgan fingerprint density at radius 2 is 1.69 bits per heavy atom. The number of carbonyl (C=O) groups excluding carboxylic acids is 1. The maximum absolute atomic E-state index is 10.6. The monoisotopic (exact) mass is 184 g/mol. The Balaban J connectivity index is 4.46. The number of esters is 1. The zero-order valence-electron chi connectivity index (χ0n) is 8.76. The molecule has 0 aromatic heterocycles. The molecule has 0 amide bonds. The zero-order chi connectivity index (χ0) is 10.7. The van der Waals surface area contributed by atoms with Crippen molar-refractivity contribution in [2.75, 3.05) is 0 Å². The number of ether oxygens (including phenoxy) is 1. The van der Waals surface area contributed by atoms with Gasteiger partial charge in [-0.1, -0.05) is 11.8 Å². The highest BCUT2D eigenvalue weighted by molar-refractivity contribution is 5.67. The van der Waals surface area contributed by atoms with Crippen molar-refractivity contribution in [2.45, 2.75) is 45.8 Å². The molecular formula is C10H16O3. The Hall–Kier alpha value is -1.01. The highest BCUT2D eigenvalue weighted by Crippen LogP contribution is 2.08. The Morgan fingerprint density at radius 3 is 2.00 bits per heavy atom. The van der Waals surface area contributed by atoms with Gasteiger partial charge >= 0.3 is 5.97 Å². The van der Waals surface area contributed by atoms with Crippen molar-refractivity contribution in [1.29, 1.82) is 0 Å². The lowest BCUT2D eigenvalue weighted by atomic mass is 10.1. The number of aliphatic hydroxyl groups is 1. The lowest BCUT2D eigenvalue weighted by Gasteiger charge is -2.18. The molecule has 0 fully saturated rings. The summed E-state index contributed by atoms with van der Waals surface area (Å²) in [6, 6.07) is 0. The molecule has 0 saturated heterocycles. The van der Waals surface area contributed by atoms with E-state index in [2.05, 4.69) is 11.8 Å². The third kappa shape index (κ3) is 7.35. The molecule has 0 radical (unpaired) electrons. The first-order valence-corrected chi connectivity index (χ1v) is 4.09. The van der Waals surface area contributed by atoms with Crippen LogP contribution in [-0.4, -0.2) is 22.3 Å². The molecule has 0 aromatic rings. The minimum absolute atomic E-state index is 0.380. The first kappa shape index (κ1) is 12.0. The minimum Gasteiger partial charge on any atom is -0.447 e. The van der Waals surface area contributed by atoms with Gasteiger partial charge in [0.1, 0.15) is 5.60 Å². The van der Waals surface area contributed by atoms with E-state index < -0.39 is 11.2 Å². The maximum Gasteiger partial charge on any atom is 0.304 e. The molecule has 0 atom stereocenters. The lowest BCUT2D eigenvalue weighted by molar-refractivity contribution is -0.148. The SMILES string of the molecule is CC(=O)OC(C)(C)C#CC(C)(C)O. The van der Waals surface area contributed by atoms with Gasteiger partial charge in [0.05, 0.1) is 0 Å². The van der Waals surface area contributed by atoms with E-state index in [1.165, 1.54) is 6.92 Å². The van der Waals surface area contributed by atoms with Crippen molar-refractivity contribution < 1.29 is 14.6 Å². The first-order chi connectivity index (χ1) is 5.62. The van der Waals surface area contributed by atoms with Crippen LogP contribution in [-0.2, 0) is 9.53 Å². The number of carbonyl (C=O) groups is 1. The molecule has 0 aliphatic rings. The zero-order valence-corrected chi connectivity index (χ0v) is 8.76. The second-order valence-corrected chi connectivity index (χ2v) is 3.91. The van der Waals surface area contributed by atoms with Gasteiger partial charge in [0, 0.05) is 6.92 Å². The van der Waals surface area contributed by atoms with Crippen LogP contribution in [0, 0.1) is 11.8 Å². The Bertz CT molecular complexity index is 248. The van der Waals surface area contributed by atoms with E-state index in [9.17, 15) is 9.90 Å². The summed E-state index contributed by atoms with van der Waals surface area (Å²) < 4.78 is 4.91. The van der Waals surface area contributed by atoms with Crippen molar-refractivity contribution in [3.63, 3.8) is 0 Å². The van der Waals surface area contributed by atoms with E-state index in [1.807, 2.05) is 0 Å². The second-order valence-electron chi connectivity index (χ2n) is 3.91. The third-order valence-electron chi connectivity index (χ3n) is 1.07. The fraction of sp³-hybridized carbons (Fsp3) is 0.700.